The van der Waals surface area contributed by atoms with E-state index in [2.05, 4.69) is 19.6 Å². The van der Waals surface area contributed by atoms with Crippen LogP contribution in [0.15, 0.2) is 30.6 Å². The lowest BCUT2D eigenvalue weighted by Gasteiger charge is -2.14. The summed E-state index contributed by atoms with van der Waals surface area (Å²) in [5.74, 6) is -0.176. The summed E-state index contributed by atoms with van der Waals surface area (Å²) in [6.45, 7) is -0.210. The number of rotatable bonds is 7. The number of hydrogen-bond donors (Lipinski definition) is 3. The molecule has 0 spiro atoms. The molecule has 1 saturated heterocycles. The molecule has 11 nitrogen and oxygen atoms in total. The number of anilines is 1. The fourth-order valence-corrected chi connectivity index (χ4v) is 3.66. The second-order valence-electron chi connectivity index (χ2n) is 6.34. The van der Waals surface area contributed by atoms with E-state index in [4.69, 9.17) is 32.1 Å². The zero-order valence-electron chi connectivity index (χ0n) is 15.2. The molecule has 1 aliphatic heterocycles. The SMILES string of the molecule is Nc1nc(=S)c2ncn([C@H]3C[C@H](O)[C@@H](COO[P+](=O)Oc4ccc(F)cc4)O3)c2[nH]1. The number of fused-ring (bicyclic) bond motifs is 1. The van der Waals surface area contributed by atoms with Crippen molar-refractivity contribution in [1.82, 2.24) is 19.5 Å². The van der Waals surface area contributed by atoms with E-state index in [-0.39, 0.29) is 29.4 Å². The Bertz CT molecular complexity index is 1130. The van der Waals surface area contributed by atoms with E-state index in [0.717, 1.165) is 12.1 Å². The summed E-state index contributed by atoms with van der Waals surface area (Å²) >= 11 is 5.14. The third-order valence-electron chi connectivity index (χ3n) is 4.32. The van der Waals surface area contributed by atoms with Crippen molar-refractivity contribution in [2.24, 2.45) is 0 Å². The molecule has 1 aliphatic rings. The lowest BCUT2D eigenvalue weighted by atomic mass is 10.2. The highest BCUT2D eigenvalue weighted by atomic mass is 32.1. The summed E-state index contributed by atoms with van der Waals surface area (Å²) in [5.41, 5.74) is 6.67. The molecular weight excluding hydrogens is 440 g/mol. The first-order valence-electron chi connectivity index (χ1n) is 8.67. The third kappa shape index (κ3) is 4.46. The average Bonchev–Trinajstić information content (AvgIpc) is 3.27. The van der Waals surface area contributed by atoms with Crippen molar-refractivity contribution < 1.29 is 32.9 Å². The standard InChI is InChI=1S/C16H15FN5O6PS/c17-8-1-3-9(4-2-8)27-29(24)28-25-6-11-10(23)5-12(26-11)22-7-19-13-14(22)20-16(18)21-15(13)30/h1-4,7,10-12,23H,5-6H2,(H2-,18,20,21,30)/p+1/t10-,11+,12+/m0/s1. The summed E-state index contributed by atoms with van der Waals surface area (Å²) in [5, 5.41) is 10.3. The van der Waals surface area contributed by atoms with Crippen LogP contribution in [0.1, 0.15) is 12.6 Å². The quantitative estimate of drug-likeness (QED) is 0.210. The minimum atomic E-state index is -2.66. The second-order valence-corrected chi connectivity index (χ2v) is 7.50. The Kier molecular flexibility index (Phi) is 5.99. The van der Waals surface area contributed by atoms with Crippen molar-refractivity contribution in [1.29, 1.82) is 0 Å². The van der Waals surface area contributed by atoms with Crippen LogP contribution in [0.5, 0.6) is 5.75 Å². The van der Waals surface area contributed by atoms with Crippen molar-refractivity contribution >= 4 is 37.6 Å². The number of ether oxygens (including phenoxy) is 1. The maximum Gasteiger partial charge on any atom is 0.781 e. The van der Waals surface area contributed by atoms with Crippen LogP contribution in [0.25, 0.3) is 11.2 Å². The molecule has 4 N–H and O–H groups in total. The van der Waals surface area contributed by atoms with E-state index in [9.17, 15) is 14.1 Å². The number of imidazole rings is 1. The van der Waals surface area contributed by atoms with Gasteiger partial charge in [-0.2, -0.15) is 4.89 Å². The number of hydrogen-bond acceptors (Lipinski definition) is 10. The van der Waals surface area contributed by atoms with Crippen molar-refractivity contribution in [2.45, 2.75) is 24.9 Å². The second kappa shape index (κ2) is 8.68. The lowest BCUT2D eigenvalue weighted by molar-refractivity contribution is -0.233. The fourth-order valence-electron chi connectivity index (χ4n) is 2.94. The Morgan fingerprint density at radius 1 is 1.43 bits per heavy atom. The van der Waals surface area contributed by atoms with E-state index in [0.29, 0.717) is 11.2 Å². The minimum absolute atomic E-state index is 0.131. The number of benzene rings is 1. The monoisotopic (exact) mass is 456 g/mol. The number of nitrogens with zero attached hydrogens (tertiary/aromatic N) is 3. The van der Waals surface area contributed by atoms with Gasteiger partial charge in [-0.1, -0.05) is 12.2 Å². The molecule has 0 bridgehead atoms. The van der Waals surface area contributed by atoms with Crippen LogP contribution in [0.4, 0.5) is 10.3 Å². The topological polar surface area (TPSA) is 147 Å². The first-order chi connectivity index (χ1) is 14.4. The number of aromatic amines is 1. The van der Waals surface area contributed by atoms with Gasteiger partial charge in [0.15, 0.2) is 16.3 Å². The molecule has 0 radical (unpaired) electrons. The zero-order valence-corrected chi connectivity index (χ0v) is 16.9. The number of H-pyrrole nitrogens is 1. The maximum absolute atomic E-state index is 12.9. The molecule has 0 aliphatic carbocycles. The summed E-state index contributed by atoms with van der Waals surface area (Å²) in [6, 6.07) is 4.89. The number of aliphatic hydroxyl groups is 1. The van der Waals surface area contributed by atoms with Crippen molar-refractivity contribution in [2.75, 3.05) is 12.3 Å². The van der Waals surface area contributed by atoms with Gasteiger partial charge in [-0.15, -0.1) is 0 Å². The van der Waals surface area contributed by atoms with Gasteiger partial charge in [-0.25, -0.2) is 18.9 Å². The summed E-state index contributed by atoms with van der Waals surface area (Å²) in [4.78, 5) is 15.9. The van der Waals surface area contributed by atoms with Crippen LogP contribution in [-0.2, 0) is 18.9 Å². The van der Waals surface area contributed by atoms with E-state index < -0.39 is 32.5 Å². The highest BCUT2D eigenvalue weighted by Crippen LogP contribution is 2.33. The number of aliphatic hydroxyl groups excluding tert-OH is 1. The Morgan fingerprint density at radius 2 is 2.20 bits per heavy atom. The third-order valence-corrected chi connectivity index (χ3v) is 5.19. The highest BCUT2D eigenvalue weighted by Gasteiger charge is 2.37. The summed E-state index contributed by atoms with van der Waals surface area (Å²) in [6.07, 6.45) is -0.475. The predicted octanol–water partition coefficient (Wildman–Crippen LogP) is 2.54. The number of nitrogens with one attached hydrogen (secondary N) is 1. The van der Waals surface area contributed by atoms with E-state index in [1.807, 2.05) is 0 Å². The van der Waals surface area contributed by atoms with Crippen LogP contribution in [0, 0.1) is 10.5 Å². The van der Waals surface area contributed by atoms with Crippen LogP contribution >= 0.6 is 20.5 Å². The predicted molar refractivity (Wildman–Crippen MR) is 103 cm³/mol. The number of halogens is 1. The van der Waals surface area contributed by atoms with Crippen LogP contribution in [0.2, 0.25) is 0 Å². The van der Waals surface area contributed by atoms with Gasteiger partial charge < -0.3 is 20.6 Å². The normalized spacial score (nSPS) is 21.8. The molecule has 0 saturated carbocycles. The van der Waals surface area contributed by atoms with Gasteiger partial charge >= 0.3 is 8.25 Å². The largest absolute Gasteiger partial charge is 0.781 e. The van der Waals surface area contributed by atoms with Gasteiger partial charge in [0.2, 0.25) is 0 Å². The molecule has 1 fully saturated rings. The van der Waals surface area contributed by atoms with Crippen molar-refractivity contribution in [3.8, 4) is 5.75 Å². The van der Waals surface area contributed by atoms with Crippen molar-refractivity contribution in [3.63, 3.8) is 0 Å². The fraction of sp³-hybridized carbons (Fsp3) is 0.312. The van der Waals surface area contributed by atoms with E-state index in [1.54, 1.807) is 4.57 Å². The Balaban J connectivity index is 1.33. The zero-order chi connectivity index (χ0) is 21.3. The van der Waals surface area contributed by atoms with E-state index in [1.165, 1.54) is 18.5 Å². The molecule has 158 valence electrons. The molecule has 1 aromatic carbocycles. The maximum atomic E-state index is 12.9. The smallest absolute Gasteiger partial charge is 0.390 e. The molecule has 14 heteroatoms. The molecule has 3 aromatic rings. The lowest BCUT2D eigenvalue weighted by Crippen LogP contribution is -2.26. The molecule has 3 heterocycles. The molecule has 4 rings (SSSR count). The van der Waals surface area contributed by atoms with Crippen LogP contribution in [0.3, 0.4) is 0 Å². The Hall–Kier alpha value is -2.54. The first-order valence-corrected chi connectivity index (χ1v) is 10.2. The summed E-state index contributed by atoms with van der Waals surface area (Å²) in [7, 11) is -2.66. The highest BCUT2D eigenvalue weighted by molar-refractivity contribution is 7.71. The van der Waals surface area contributed by atoms with Gasteiger partial charge in [0.1, 0.15) is 35.9 Å². The Labute approximate surface area is 174 Å². The van der Waals surface area contributed by atoms with Crippen LogP contribution < -0.4 is 10.3 Å². The first kappa shape index (κ1) is 20.7. The number of nitrogen functional groups attached to an aromatic ring is 1. The summed E-state index contributed by atoms with van der Waals surface area (Å²) < 4.78 is 41.9. The number of aromatic nitrogens is 4. The van der Waals surface area contributed by atoms with Gasteiger partial charge in [0.25, 0.3) is 0 Å². The molecule has 30 heavy (non-hydrogen) atoms. The van der Waals surface area contributed by atoms with Gasteiger partial charge in [-0.05, 0) is 24.3 Å². The number of nitrogens with two attached hydrogens (primary N) is 1. The average molecular weight is 456 g/mol. The molecule has 4 atom stereocenters. The van der Waals surface area contributed by atoms with Gasteiger partial charge in [-0.3, -0.25) is 4.57 Å². The van der Waals surface area contributed by atoms with Gasteiger partial charge in [0, 0.05) is 11.0 Å². The minimum Gasteiger partial charge on any atom is -0.390 e. The molecule has 2 aromatic heterocycles. The van der Waals surface area contributed by atoms with E-state index >= 15 is 0 Å². The van der Waals surface area contributed by atoms with Gasteiger partial charge in [0.05, 0.1) is 17.1 Å². The Morgan fingerprint density at radius 3 is 2.97 bits per heavy atom. The van der Waals surface area contributed by atoms with Crippen molar-refractivity contribution in [3.05, 3.63) is 41.1 Å². The van der Waals surface area contributed by atoms with Crippen LogP contribution in [-0.4, -0.2) is 43.4 Å². The molecular formula is C16H16FN5O6PS+. The molecule has 0 amide bonds. The molecule has 1 unspecified atom stereocenters.